The summed E-state index contributed by atoms with van der Waals surface area (Å²) in [6, 6.07) is 7.14. The molecule has 0 spiro atoms. The molecular weight excluding hydrogens is 428 g/mol. The zero-order valence-electron chi connectivity index (χ0n) is 18.9. The minimum Gasteiger partial charge on any atom is -0.467 e. The first-order chi connectivity index (χ1) is 15.1. The van der Waals surface area contributed by atoms with E-state index in [1.807, 2.05) is 16.9 Å². The van der Waals surface area contributed by atoms with E-state index in [9.17, 15) is 0 Å². The molecule has 172 valence electrons. The van der Waals surface area contributed by atoms with Gasteiger partial charge < -0.3 is 19.7 Å². The lowest BCUT2D eigenvalue weighted by Crippen LogP contribution is -2.44. The Bertz CT molecular complexity index is 1080. The molecule has 1 atom stereocenters. The summed E-state index contributed by atoms with van der Waals surface area (Å²) in [7, 11) is 1.60. The van der Waals surface area contributed by atoms with Gasteiger partial charge in [0.2, 0.25) is 0 Å². The van der Waals surface area contributed by atoms with E-state index in [-0.39, 0.29) is 18.4 Å². The number of aryl methyl sites for hydroxylation is 1. The summed E-state index contributed by atoms with van der Waals surface area (Å²) in [5.74, 6) is 2.14. The summed E-state index contributed by atoms with van der Waals surface area (Å²) in [4.78, 5) is 11.5. The number of benzene rings is 1. The number of rotatable bonds is 4. The number of methoxy groups -OCH3 is 1. The smallest absolute Gasteiger partial charge is 0.320 e. The lowest BCUT2D eigenvalue weighted by atomic mass is 9.87. The predicted octanol–water partition coefficient (Wildman–Crippen LogP) is 3.25. The molecule has 5 rings (SSSR count). The van der Waals surface area contributed by atoms with Crippen molar-refractivity contribution < 1.29 is 9.47 Å². The van der Waals surface area contributed by atoms with Gasteiger partial charge in [-0.3, -0.25) is 0 Å². The summed E-state index contributed by atoms with van der Waals surface area (Å²) >= 11 is 0. The number of anilines is 1. The number of ether oxygens (including phenoxy) is 2. The molecular formula is C23H31ClN6O2. The van der Waals surface area contributed by atoms with Gasteiger partial charge in [0, 0.05) is 18.0 Å². The third-order valence-electron chi connectivity index (χ3n) is 6.47. The summed E-state index contributed by atoms with van der Waals surface area (Å²) in [5, 5.41) is 9.27. The van der Waals surface area contributed by atoms with Gasteiger partial charge in [0.1, 0.15) is 5.82 Å². The zero-order valence-corrected chi connectivity index (χ0v) is 19.7. The molecule has 2 saturated heterocycles. The number of hydrogen-bond donors (Lipinski definition) is 1. The van der Waals surface area contributed by atoms with E-state index in [0.29, 0.717) is 25.1 Å². The van der Waals surface area contributed by atoms with Crippen LogP contribution in [0.25, 0.3) is 16.7 Å². The highest BCUT2D eigenvalue weighted by atomic mass is 35.5. The van der Waals surface area contributed by atoms with E-state index in [0.717, 1.165) is 42.2 Å². The lowest BCUT2D eigenvalue weighted by Gasteiger charge is -2.34. The number of nitrogens with one attached hydrogen (secondary N) is 1. The van der Waals surface area contributed by atoms with Crippen molar-refractivity contribution in [1.82, 2.24) is 25.1 Å². The van der Waals surface area contributed by atoms with Gasteiger partial charge in [0.05, 0.1) is 38.1 Å². The van der Waals surface area contributed by atoms with Crippen LogP contribution in [0, 0.1) is 6.92 Å². The summed E-state index contributed by atoms with van der Waals surface area (Å²) in [5.41, 5.74) is 3.82. The van der Waals surface area contributed by atoms with Gasteiger partial charge >= 0.3 is 6.01 Å². The van der Waals surface area contributed by atoms with Crippen LogP contribution in [0.15, 0.2) is 24.4 Å². The maximum absolute atomic E-state index is 5.59. The number of halogens is 1. The Kier molecular flexibility index (Phi) is 6.83. The second-order valence-electron chi connectivity index (χ2n) is 8.54. The van der Waals surface area contributed by atoms with E-state index in [4.69, 9.17) is 9.47 Å². The Labute approximate surface area is 194 Å². The average Bonchev–Trinajstić information content (AvgIpc) is 3.21. The molecule has 4 heterocycles. The monoisotopic (exact) mass is 458 g/mol. The standard InChI is InChI=1S/C23H30N6O2.ClH/c1-15-10-18-13-25-29(20(18)11-19(15)17-4-6-24-7-5-17)22-12-21(26-23(27-22)30-3)28-8-9-31-14-16(28)2;/h10-13,16-17,24H,4-9,14H2,1-3H3;1H/t16-;/m1./s1. The molecule has 2 aliphatic heterocycles. The molecule has 0 unspecified atom stereocenters. The topological polar surface area (TPSA) is 77.3 Å². The number of morpholine rings is 1. The van der Waals surface area contributed by atoms with Crippen LogP contribution in [0.4, 0.5) is 5.82 Å². The number of piperidine rings is 1. The highest BCUT2D eigenvalue weighted by Crippen LogP contribution is 2.32. The van der Waals surface area contributed by atoms with Crippen molar-refractivity contribution in [3.63, 3.8) is 0 Å². The second kappa shape index (κ2) is 9.60. The molecule has 1 N–H and O–H groups in total. The van der Waals surface area contributed by atoms with E-state index >= 15 is 0 Å². The fourth-order valence-electron chi connectivity index (χ4n) is 4.77. The van der Waals surface area contributed by atoms with Crippen molar-refractivity contribution in [3.05, 3.63) is 35.5 Å². The van der Waals surface area contributed by atoms with Crippen molar-refractivity contribution in [2.45, 2.75) is 38.6 Å². The van der Waals surface area contributed by atoms with E-state index in [2.05, 4.69) is 51.3 Å². The molecule has 0 aliphatic carbocycles. The fourth-order valence-corrected chi connectivity index (χ4v) is 4.77. The Balaban J connectivity index is 0.00000245. The minimum absolute atomic E-state index is 0. The highest BCUT2D eigenvalue weighted by molar-refractivity contribution is 5.85. The van der Waals surface area contributed by atoms with Crippen LogP contribution < -0.4 is 15.0 Å². The first-order valence-corrected chi connectivity index (χ1v) is 11.1. The van der Waals surface area contributed by atoms with Gasteiger partial charge in [-0.25, -0.2) is 4.68 Å². The molecule has 2 fully saturated rings. The van der Waals surface area contributed by atoms with Gasteiger partial charge in [-0.05, 0) is 69.0 Å². The van der Waals surface area contributed by atoms with Gasteiger partial charge in [-0.15, -0.1) is 12.4 Å². The Morgan fingerprint density at radius 1 is 1.12 bits per heavy atom. The number of nitrogens with zero attached hydrogens (tertiary/aromatic N) is 5. The summed E-state index contributed by atoms with van der Waals surface area (Å²) < 4.78 is 13.0. The molecule has 9 heteroatoms. The van der Waals surface area contributed by atoms with Gasteiger partial charge in [0.15, 0.2) is 5.82 Å². The van der Waals surface area contributed by atoms with E-state index < -0.39 is 0 Å². The summed E-state index contributed by atoms with van der Waals surface area (Å²) in [6.07, 6.45) is 4.25. The minimum atomic E-state index is 0. The Hall–Kier alpha value is -2.42. The van der Waals surface area contributed by atoms with Crippen molar-refractivity contribution in [3.8, 4) is 11.8 Å². The number of fused-ring (bicyclic) bond motifs is 1. The van der Waals surface area contributed by atoms with Gasteiger partial charge in [-0.1, -0.05) is 0 Å². The molecule has 0 amide bonds. The maximum Gasteiger partial charge on any atom is 0.320 e. The molecule has 0 radical (unpaired) electrons. The van der Waals surface area contributed by atoms with Crippen LogP contribution in [0.2, 0.25) is 0 Å². The largest absolute Gasteiger partial charge is 0.467 e. The molecule has 3 aromatic rings. The first kappa shape index (κ1) is 22.8. The van der Waals surface area contributed by atoms with Crippen LogP contribution in [0.5, 0.6) is 6.01 Å². The van der Waals surface area contributed by atoms with Crippen LogP contribution in [0.1, 0.15) is 36.8 Å². The second-order valence-corrected chi connectivity index (χ2v) is 8.54. The van der Waals surface area contributed by atoms with Crippen LogP contribution in [-0.2, 0) is 4.74 Å². The highest BCUT2D eigenvalue weighted by Gasteiger charge is 2.23. The van der Waals surface area contributed by atoms with Crippen molar-refractivity contribution in [2.75, 3.05) is 44.9 Å². The molecule has 32 heavy (non-hydrogen) atoms. The van der Waals surface area contributed by atoms with Crippen LogP contribution in [-0.4, -0.2) is 65.7 Å². The van der Waals surface area contributed by atoms with E-state index in [1.165, 1.54) is 24.0 Å². The van der Waals surface area contributed by atoms with Crippen molar-refractivity contribution in [1.29, 1.82) is 0 Å². The number of aromatic nitrogens is 4. The van der Waals surface area contributed by atoms with Crippen molar-refractivity contribution in [2.24, 2.45) is 0 Å². The predicted molar refractivity (Wildman–Crippen MR) is 128 cm³/mol. The van der Waals surface area contributed by atoms with Gasteiger partial charge in [0.25, 0.3) is 0 Å². The first-order valence-electron chi connectivity index (χ1n) is 11.1. The molecule has 2 aliphatic rings. The quantitative estimate of drug-likeness (QED) is 0.643. The Morgan fingerprint density at radius 3 is 2.66 bits per heavy atom. The SMILES string of the molecule is COc1nc(N2CCOC[C@H]2C)cc(-n2ncc3cc(C)c(C4CCNCC4)cc32)n1.Cl. The molecule has 1 aromatic carbocycles. The third kappa shape index (κ3) is 4.27. The summed E-state index contributed by atoms with van der Waals surface area (Å²) in [6.45, 7) is 8.67. The average molecular weight is 459 g/mol. The van der Waals surface area contributed by atoms with Crippen LogP contribution >= 0.6 is 12.4 Å². The number of hydrogen-bond acceptors (Lipinski definition) is 7. The third-order valence-corrected chi connectivity index (χ3v) is 6.47. The maximum atomic E-state index is 5.59. The lowest BCUT2D eigenvalue weighted by molar-refractivity contribution is 0.0984. The zero-order chi connectivity index (χ0) is 21.4. The van der Waals surface area contributed by atoms with Crippen molar-refractivity contribution >= 4 is 29.1 Å². The normalized spacial score (nSPS) is 19.7. The van der Waals surface area contributed by atoms with Crippen LogP contribution in [0.3, 0.4) is 0 Å². The molecule has 0 bridgehead atoms. The van der Waals surface area contributed by atoms with Gasteiger partial charge in [-0.2, -0.15) is 15.1 Å². The molecule has 0 saturated carbocycles. The fraction of sp³-hybridized carbons (Fsp3) is 0.522. The van der Waals surface area contributed by atoms with E-state index in [1.54, 1.807) is 7.11 Å². The molecule has 2 aromatic heterocycles. The molecule has 8 nitrogen and oxygen atoms in total. The Morgan fingerprint density at radius 2 is 1.91 bits per heavy atom.